The van der Waals surface area contributed by atoms with Crippen molar-refractivity contribution in [3.63, 3.8) is 0 Å². The lowest BCUT2D eigenvalue weighted by Gasteiger charge is -2.14. The maximum absolute atomic E-state index is 12.2. The highest BCUT2D eigenvalue weighted by molar-refractivity contribution is 5.79. The molecule has 0 radical (unpaired) electrons. The lowest BCUT2D eigenvalue weighted by Crippen LogP contribution is -2.26. The maximum atomic E-state index is 12.2. The third-order valence-electron chi connectivity index (χ3n) is 5.44. The Kier molecular flexibility index (Phi) is 5.76. The van der Waals surface area contributed by atoms with Gasteiger partial charge in [-0.1, -0.05) is 91.9 Å². The van der Waals surface area contributed by atoms with Gasteiger partial charge in [0.25, 0.3) is 0 Å². The van der Waals surface area contributed by atoms with E-state index in [-0.39, 0.29) is 12.0 Å². The number of carbonyl (C=O) groups excluding carboxylic acids is 1. The number of hydrogen-bond acceptors (Lipinski definition) is 2. The van der Waals surface area contributed by atoms with E-state index in [1.165, 1.54) is 33.4 Å². The molecule has 0 heterocycles. The average Bonchev–Trinajstić information content (AvgIpc) is 3.09. The highest BCUT2D eigenvalue weighted by atomic mass is 16.5. The lowest BCUT2D eigenvalue weighted by atomic mass is 9.98. The van der Waals surface area contributed by atoms with Crippen LogP contribution in [0.15, 0.2) is 78.9 Å². The van der Waals surface area contributed by atoms with Crippen molar-refractivity contribution in [2.75, 3.05) is 13.2 Å². The van der Waals surface area contributed by atoms with E-state index in [9.17, 15) is 4.79 Å². The Labute approximate surface area is 172 Å². The summed E-state index contributed by atoms with van der Waals surface area (Å²) in [4.78, 5) is 12.2. The molecule has 1 aliphatic rings. The molecule has 3 heteroatoms. The molecule has 146 valence electrons. The van der Waals surface area contributed by atoms with E-state index in [1.807, 2.05) is 36.4 Å². The van der Waals surface area contributed by atoms with Crippen LogP contribution in [0.25, 0.3) is 17.2 Å². The molecule has 0 aliphatic heterocycles. The number of alkyl carbamates (subject to hydrolysis) is 1. The predicted octanol–water partition coefficient (Wildman–Crippen LogP) is 5.80. The smallest absolute Gasteiger partial charge is 0.407 e. The summed E-state index contributed by atoms with van der Waals surface area (Å²) in [6.45, 7) is 2.92. The fourth-order valence-corrected chi connectivity index (χ4v) is 4.00. The summed E-state index contributed by atoms with van der Waals surface area (Å²) in [5, 5.41) is 2.81. The number of benzene rings is 3. The van der Waals surface area contributed by atoms with Crippen LogP contribution in [0.2, 0.25) is 0 Å². The van der Waals surface area contributed by atoms with E-state index in [1.54, 1.807) is 0 Å². The number of fused-ring (bicyclic) bond motifs is 3. The van der Waals surface area contributed by atoms with Crippen LogP contribution >= 0.6 is 0 Å². The molecule has 0 fully saturated rings. The molecule has 0 atom stereocenters. The molecule has 3 aromatic rings. The molecule has 1 aliphatic carbocycles. The summed E-state index contributed by atoms with van der Waals surface area (Å²) in [5.41, 5.74) is 7.38. The normalized spacial score (nSPS) is 12.6. The van der Waals surface area contributed by atoms with Gasteiger partial charge in [-0.05, 0) is 39.8 Å². The Balaban J connectivity index is 1.34. The molecule has 0 spiro atoms. The third-order valence-corrected chi connectivity index (χ3v) is 5.44. The van der Waals surface area contributed by atoms with Crippen LogP contribution in [0.1, 0.15) is 35.1 Å². The molecule has 29 heavy (non-hydrogen) atoms. The number of nitrogens with one attached hydrogen (secondary N) is 1. The number of carbonyl (C=O) groups is 1. The van der Waals surface area contributed by atoms with Gasteiger partial charge < -0.3 is 10.1 Å². The Hall–Kier alpha value is -3.33. The Morgan fingerprint density at radius 3 is 2.24 bits per heavy atom. The van der Waals surface area contributed by atoms with Crippen LogP contribution in [0.4, 0.5) is 4.79 Å². The minimum absolute atomic E-state index is 0.0834. The first-order chi connectivity index (χ1) is 14.3. The molecular formula is C26H25NO2. The van der Waals surface area contributed by atoms with E-state index in [2.05, 4.69) is 60.8 Å². The molecule has 0 saturated carbocycles. The average molecular weight is 383 g/mol. The van der Waals surface area contributed by atoms with Crippen LogP contribution in [0.3, 0.4) is 0 Å². The summed E-state index contributed by atoms with van der Waals surface area (Å²) in [6, 6.07) is 25.0. The fraction of sp³-hybridized carbons (Fsp3) is 0.192. The van der Waals surface area contributed by atoms with Gasteiger partial charge in [0.1, 0.15) is 6.61 Å². The topological polar surface area (TPSA) is 38.3 Å². The van der Waals surface area contributed by atoms with Crippen molar-refractivity contribution in [2.24, 2.45) is 0 Å². The summed E-state index contributed by atoms with van der Waals surface area (Å²) >= 11 is 0. The van der Waals surface area contributed by atoms with Crippen LogP contribution in [0.5, 0.6) is 0 Å². The fourth-order valence-electron chi connectivity index (χ4n) is 4.00. The zero-order valence-corrected chi connectivity index (χ0v) is 16.6. The zero-order valence-electron chi connectivity index (χ0n) is 16.6. The first-order valence-corrected chi connectivity index (χ1v) is 10.1. The number of aryl methyl sites for hydroxylation is 1. The second-order valence-electron chi connectivity index (χ2n) is 7.16. The summed E-state index contributed by atoms with van der Waals surface area (Å²) in [6.07, 6.45) is 4.60. The molecule has 1 N–H and O–H groups in total. The van der Waals surface area contributed by atoms with Crippen molar-refractivity contribution in [1.29, 1.82) is 0 Å². The van der Waals surface area contributed by atoms with Gasteiger partial charge in [0.05, 0.1) is 0 Å². The quantitative estimate of drug-likeness (QED) is 0.584. The lowest BCUT2D eigenvalue weighted by molar-refractivity contribution is 0.144. The van der Waals surface area contributed by atoms with E-state index < -0.39 is 0 Å². The minimum atomic E-state index is -0.389. The van der Waals surface area contributed by atoms with E-state index in [0.29, 0.717) is 13.2 Å². The highest BCUT2D eigenvalue weighted by Gasteiger charge is 2.28. The number of rotatable bonds is 6. The number of ether oxygens (including phenoxy) is 1. The summed E-state index contributed by atoms with van der Waals surface area (Å²) < 4.78 is 5.55. The highest BCUT2D eigenvalue weighted by Crippen LogP contribution is 2.44. The standard InChI is InChI=1S/C26H25NO2/c1-2-19-10-3-4-11-20(19)12-9-17-27-26(28)29-18-25-23-15-7-5-13-21(23)22-14-6-8-16-24(22)25/h3-16,25H,2,17-18H2,1H3,(H,27,28). The molecule has 0 unspecified atom stereocenters. The third kappa shape index (κ3) is 4.09. The SMILES string of the molecule is CCc1ccccc1C=CCNC(=O)OCC1c2ccccc2-c2ccccc21. The van der Waals surface area contributed by atoms with Gasteiger partial charge in [-0.25, -0.2) is 4.79 Å². The zero-order chi connectivity index (χ0) is 20.1. The molecule has 0 aromatic heterocycles. The van der Waals surface area contributed by atoms with Gasteiger partial charge in [0.2, 0.25) is 0 Å². The van der Waals surface area contributed by atoms with Crippen molar-refractivity contribution in [1.82, 2.24) is 5.32 Å². The van der Waals surface area contributed by atoms with Crippen LogP contribution in [-0.4, -0.2) is 19.2 Å². The van der Waals surface area contributed by atoms with E-state index >= 15 is 0 Å². The molecule has 0 saturated heterocycles. The Morgan fingerprint density at radius 2 is 1.55 bits per heavy atom. The second kappa shape index (κ2) is 8.78. The molecule has 0 bridgehead atoms. The first-order valence-electron chi connectivity index (χ1n) is 10.1. The van der Waals surface area contributed by atoms with Crippen LogP contribution < -0.4 is 5.32 Å². The monoisotopic (exact) mass is 383 g/mol. The number of amides is 1. The molecular weight excluding hydrogens is 358 g/mol. The first kappa shape index (κ1) is 19.0. The van der Waals surface area contributed by atoms with Crippen LogP contribution in [0, 0.1) is 0 Å². The molecule has 1 amide bonds. The van der Waals surface area contributed by atoms with Gasteiger partial charge in [-0.15, -0.1) is 0 Å². The van der Waals surface area contributed by atoms with Crippen molar-refractivity contribution in [2.45, 2.75) is 19.3 Å². The minimum Gasteiger partial charge on any atom is -0.449 e. The van der Waals surface area contributed by atoms with Gasteiger partial charge in [-0.2, -0.15) is 0 Å². The summed E-state index contributed by atoms with van der Waals surface area (Å²) in [7, 11) is 0. The Morgan fingerprint density at radius 1 is 0.931 bits per heavy atom. The van der Waals surface area contributed by atoms with Crippen molar-refractivity contribution in [3.05, 3.63) is 101 Å². The van der Waals surface area contributed by atoms with Gasteiger partial charge in [0.15, 0.2) is 0 Å². The molecule has 4 rings (SSSR count). The molecule has 3 nitrogen and oxygen atoms in total. The second-order valence-corrected chi connectivity index (χ2v) is 7.16. The predicted molar refractivity (Wildman–Crippen MR) is 118 cm³/mol. The largest absolute Gasteiger partial charge is 0.449 e. The van der Waals surface area contributed by atoms with Crippen molar-refractivity contribution in [3.8, 4) is 11.1 Å². The van der Waals surface area contributed by atoms with Crippen LogP contribution in [-0.2, 0) is 11.2 Å². The number of hydrogen-bond donors (Lipinski definition) is 1. The van der Waals surface area contributed by atoms with Gasteiger partial charge >= 0.3 is 6.09 Å². The van der Waals surface area contributed by atoms with Gasteiger partial charge in [-0.3, -0.25) is 0 Å². The maximum Gasteiger partial charge on any atom is 0.407 e. The van der Waals surface area contributed by atoms with Crippen molar-refractivity contribution < 1.29 is 9.53 Å². The van der Waals surface area contributed by atoms with Gasteiger partial charge in [0, 0.05) is 12.5 Å². The van der Waals surface area contributed by atoms with Crippen molar-refractivity contribution >= 4 is 12.2 Å². The van der Waals surface area contributed by atoms with E-state index in [4.69, 9.17) is 4.74 Å². The van der Waals surface area contributed by atoms with E-state index in [0.717, 1.165) is 6.42 Å². The molecule has 3 aromatic carbocycles. The summed E-state index contributed by atoms with van der Waals surface area (Å²) in [5.74, 6) is 0.0834. The Bertz CT molecular complexity index is 993.